The summed E-state index contributed by atoms with van der Waals surface area (Å²) in [5, 5.41) is 0. The first-order valence-corrected chi connectivity index (χ1v) is 6.53. The molecule has 0 aromatic heterocycles. The van der Waals surface area contributed by atoms with E-state index in [0.717, 1.165) is 6.08 Å². The van der Waals surface area contributed by atoms with Gasteiger partial charge < -0.3 is 33.1 Å². The molecule has 20 heavy (non-hydrogen) atoms. The maximum absolute atomic E-state index is 10.6. The van der Waals surface area contributed by atoms with E-state index in [0.29, 0.717) is 0 Å². The fraction of sp³-hybridized carbons (Fsp3) is 0.667. The molecule has 0 unspecified atom stereocenters. The van der Waals surface area contributed by atoms with Crippen molar-refractivity contribution in [1.29, 1.82) is 0 Å². The largest absolute Gasteiger partial charge is 1.00 e. The zero-order valence-electron chi connectivity index (χ0n) is 11.7. The van der Waals surface area contributed by atoms with E-state index in [9.17, 15) is 19.1 Å². The van der Waals surface area contributed by atoms with Crippen LogP contribution in [-0.4, -0.2) is 45.6 Å². The Morgan fingerprint density at radius 2 is 1.45 bits per heavy atom. The molecule has 0 amide bonds. The first-order valence-electron chi connectivity index (χ1n) is 5.07. The number of esters is 1. The first kappa shape index (κ1) is 27.4. The Bertz CT molecular complexity index is 296. The summed E-state index contributed by atoms with van der Waals surface area (Å²) in [6.45, 7) is 3.67. The Balaban J connectivity index is -0.00000144. The van der Waals surface area contributed by atoms with Gasteiger partial charge in [-0.3, -0.25) is 0 Å². The first-order chi connectivity index (χ1) is 8.45. The van der Waals surface area contributed by atoms with Crippen molar-refractivity contribution >= 4 is 13.8 Å². The van der Waals surface area contributed by atoms with E-state index < -0.39 is 13.8 Å². The van der Waals surface area contributed by atoms with Crippen molar-refractivity contribution in [2.45, 2.75) is 0 Å². The van der Waals surface area contributed by atoms with Gasteiger partial charge in [-0.25, -0.2) is 4.79 Å². The van der Waals surface area contributed by atoms with Crippen LogP contribution in [0.5, 0.6) is 0 Å². The number of phosphoric acid groups is 1. The SMILES string of the molecule is C=CC(=O)OCCOCCOCCOP(=O)([O-])[O-].[K+].[K+]. The van der Waals surface area contributed by atoms with Gasteiger partial charge in [0.2, 0.25) is 0 Å². The van der Waals surface area contributed by atoms with E-state index in [1.807, 2.05) is 0 Å². The van der Waals surface area contributed by atoms with Crippen molar-refractivity contribution in [3.05, 3.63) is 12.7 Å². The predicted molar refractivity (Wildman–Crippen MR) is 56.4 cm³/mol. The minimum Gasteiger partial charge on any atom is -0.790 e. The zero-order valence-corrected chi connectivity index (χ0v) is 18.9. The standard InChI is InChI=1S/C9H17O8P.2K/c1-2-9(10)16-7-5-14-3-4-15-6-8-17-18(11,12)13;;/h2H,1,3-8H2,(H2,11,12,13);;/q;2*+1/p-2. The molecule has 0 radical (unpaired) electrons. The van der Waals surface area contributed by atoms with Crippen LogP contribution in [0, 0.1) is 0 Å². The van der Waals surface area contributed by atoms with Gasteiger partial charge in [-0.1, -0.05) is 6.58 Å². The second-order valence-electron chi connectivity index (χ2n) is 2.88. The number of hydrogen-bond acceptors (Lipinski definition) is 8. The molecule has 0 aliphatic carbocycles. The maximum Gasteiger partial charge on any atom is 1.00 e. The third-order valence-corrected chi connectivity index (χ3v) is 1.99. The van der Waals surface area contributed by atoms with Crippen LogP contribution in [0.15, 0.2) is 12.7 Å². The maximum atomic E-state index is 10.6. The van der Waals surface area contributed by atoms with Crippen LogP contribution < -0.4 is 113 Å². The van der Waals surface area contributed by atoms with Gasteiger partial charge in [0, 0.05) is 6.08 Å². The summed E-state index contributed by atoms with van der Waals surface area (Å²) in [6, 6.07) is 0. The summed E-state index contributed by atoms with van der Waals surface area (Å²) < 4.78 is 28.5. The molecule has 0 aromatic rings. The topological polar surface area (TPSA) is 117 Å². The Hall–Kier alpha value is 2.51. The van der Waals surface area contributed by atoms with Crippen LogP contribution in [-0.2, 0) is 28.1 Å². The van der Waals surface area contributed by atoms with Gasteiger partial charge in [0.05, 0.1) is 40.9 Å². The van der Waals surface area contributed by atoms with E-state index in [1.165, 1.54) is 0 Å². The monoisotopic (exact) mass is 360 g/mol. The molecule has 0 saturated carbocycles. The second-order valence-corrected chi connectivity index (χ2v) is 4.03. The van der Waals surface area contributed by atoms with Gasteiger partial charge >= 0.3 is 109 Å². The van der Waals surface area contributed by atoms with Crippen molar-refractivity contribution in [1.82, 2.24) is 0 Å². The predicted octanol–water partition coefficient (Wildman–Crippen LogP) is -7.40. The molecule has 11 heteroatoms. The van der Waals surface area contributed by atoms with Crippen LogP contribution >= 0.6 is 7.82 Å². The van der Waals surface area contributed by atoms with Gasteiger partial charge in [-0.05, 0) is 0 Å². The fourth-order valence-electron chi connectivity index (χ4n) is 0.790. The van der Waals surface area contributed by atoms with Crippen molar-refractivity contribution in [3.8, 4) is 0 Å². The fourth-order valence-corrected chi connectivity index (χ4v) is 1.09. The molecule has 0 fully saturated rings. The van der Waals surface area contributed by atoms with Gasteiger partial charge in [0.1, 0.15) is 6.61 Å². The Kier molecular flexibility index (Phi) is 24.4. The van der Waals surface area contributed by atoms with E-state index in [1.54, 1.807) is 0 Å². The van der Waals surface area contributed by atoms with E-state index >= 15 is 0 Å². The molecule has 0 saturated heterocycles. The minimum absolute atomic E-state index is 0. The number of hydrogen-bond donors (Lipinski definition) is 0. The Morgan fingerprint density at radius 1 is 1.00 bits per heavy atom. The number of ether oxygens (including phenoxy) is 3. The van der Waals surface area contributed by atoms with Gasteiger partial charge in [-0.15, -0.1) is 0 Å². The second kappa shape index (κ2) is 17.9. The van der Waals surface area contributed by atoms with Crippen molar-refractivity contribution in [3.63, 3.8) is 0 Å². The molecule has 0 aliphatic rings. The van der Waals surface area contributed by atoms with E-state index in [4.69, 9.17) is 9.47 Å². The summed E-state index contributed by atoms with van der Waals surface area (Å²) in [5.41, 5.74) is 0. The molecule has 106 valence electrons. The number of rotatable bonds is 11. The molecule has 0 spiro atoms. The summed E-state index contributed by atoms with van der Waals surface area (Å²) >= 11 is 0. The quantitative estimate of drug-likeness (QED) is 0.117. The molecular formula is C9H15K2O8P. The summed E-state index contributed by atoms with van der Waals surface area (Å²) in [5.74, 6) is -0.522. The average molecular weight is 360 g/mol. The number of carbonyl (C=O) groups excluding carboxylic acids is 1. The summed E-state index contributed by atoms with van der Waals surface area (Å²) in [4.78, 5) is 30.7. The van der Waals surface area contributed by atoms with E-state index in [2.05, 4.69) is 15.8 Å². The third kappa shape index (κ3) is 22.8. The van der Waals surface area contributed by atoms with Gasteiger partial charge in [0.15, 0.2) is 0 Å². The molecule has 0 aliphatic heterocycles. The number of carbonyl (C=O) groups is 1. The molecule has 0 heterocycles. The van der Waals surface area contributed by atoms with Gasteiger partial charge in [-0.2, -0.15) is 0 Å². The Labute approximate surface area is 203 Å². The van der Waals surface area contributed by atoms with Gasteiger partial charge in [0.25, 0.3) is 0 Å². The summed E-state index contributed by atoms with van der Waals surface area (Å²) in [6.07, 6.45) is 1.05. The Morgan fingerprint density at radius 3 is 1.90 bits per heavy atom. The van der Waals surface area contributed by atoms with Crippen molar-refractivity contribution in [2.24, 2.45) is 0 Å². The van der Waals surface area contributed by atoms with Crippen LogP contribution in [0.1, 0.15) is 0 Å². The molecule has 0 bridgehead atoms. The van der Waals surface area contributed by atoms with Crippen molar-refractivity contribution in [2.75, 3.05) is 39.6 Å². The molecule has 0 aromatic carbocycles. The molecule has 0 rings (SSSR count). The average Bonchev–Trinajstić information content (AvgIpc) is 2.29. The minimum atomic E-state index is -4.92. The normalized spacial score (nSPS) is 10.1. The molecule has 0 N–H and O–H groups in total. The van der Waals surface area contributed by atoms with Crippen molar-refractivity contribution < 1.29 is 141 Å². The molecule has 0 atom stereocenters. The smallest absolute Gasteiger partial charge is 0.790 e. The third-order valence-electron chi connectivity index (χ3n) is 1.49. The number of phosphoric ester groups is 1. The van der Waals surface area contributed by atoms with Crippen LogP contribution in [0.25, 0.3) is 0 Å². The van der Waals surface area contributed by atoms with Crippen LogP contribution in [0.2, 0.25) is 0 Å². The summed E-state index contributed by atoms with van der Waals surface area (Å²) in [7, 11) is -4.92. The van der Waals surface area contributed by atoms with Crippen LogP contribution in [0.4, 0.5) is 0 Å². The zero-order chi connectivity index (χ0) is 13.9. The molecule has 8 nitrogen and oxygen atoms in total. The van der Waals surface area contributed by atoms with E-state index in [-0.39, 0.29) is 142 Å². The van der Waals surface area contributed by atoms with Crippen LogP contribution in [0.3, 0.4) is 0 Å². The molecular weight excluding hydrogens is 345 g/mol.